The third-order valence-electron chi connectivity index (χ3n) is 13.2. The molecule has 6 aromatic carbocycles. The van der Waals surface area contributed by atoms with Gasteiger partial charge in [0.15, 0.2) is 6.29 Å². The van der Waals surface area contributed by atoms with E-state index in [2.05, 4.69) is 59.4 Å². The average Bonchev–Trinajstić information content (AvgIpc) is 0.855. The van der Waals surface area contributed by atoms with E-state index in [9.17, 15) is 14.4 Å². The van der Waals surface area contributed by atoms with Gasteiger partial charge >= 0.3 is 12.1 Å². The van der Waals surface area contributed by atoms with E-state index in [1.54, 1.807) is 158 Å². The number of aromatic nitrogens is 3. The Morgan fingerprint density at radius 1 is 0.527 bits per heavy atom. The molecule has 4 amide bonds. The molecule has 22 heteroatoms. The van der Waals surface area contributed by atoms with Crippen LogP contribution in [0.2, 0.25) is 0 Å². The van der Waals surface area contributed by atoms with Gasteiger partial charge in [0.2, 0.25) is 0 Å². The molecule has 0 saturated heterocycles. The van der Waals surface area contributed by atoms with E-state index in [0.29, 0.717) is 147 Å². The molecule has 0 saturated carbocycles. The van der Waals surface area contributed by atoms with Gasteiger partial charge in [-0.2, -0.15) is 15.8 Å². The Morgan fingerprint density at radius 2 is 0.871 bits per heavy atom. The maximum Gasteiger partial charge on any atom is 0.320 e. The highest BCUT2D eigenvalue weighted by Gasteiger charge is 2.21. The fourth-order valence-electron chi connectivity index (χ4n) is 8.96. The summed E-state index contributed by atoms with van der Waals surface area (Å²) in [7, 11) is 4.46. The predicted molar refractivity (Wildman–Crippen MR) is 359 cm³/mol. The third kappa shape index (κ3) is 21.3. The number of anilines is 3. The fourth-order valence-corrected chi connectivity index (χ4v) is 8.96. The van der Waals surface area contributed by atoms with Gasteiger partial charge in [0.05, 0.1) is 79.1 Å². The van der Waals surface area contributed by atoms with Crippen LogP contribution in [0.15, 0.2) is 169 Å². The van der Waals surface area contributed by atoms with E-state index in [4.69, 9.17) is 35.7 Å². The van der Waals surface area contributed by atoms with Crippen molar-refractivity contribution in [3.8, 4) is 68.8 Å². The summed E-state index contributed by atoms with van der Waals surface area (Å²) in [4.78, 5) is 48.6. The molecule has 0 aliphatic carbocycles. The van der Waals surface area contributed by atoms with E-state index in [-0.39, 0.29) is 37.7 Å². The second-order valence-electron chi connectivity index (χ2n) is 19.4. The molecular weight excluding hydrogens is 1210 g/mol. The molecule has 0 bridgehead atoms. The third-order valence-corrected chi connectivity index (χ3v) is 13.2. The van der Waals surface area contributed by atoms with Crippen molar-refractivity contribution in [2.75, 3.05) is 57.3 Å². The average molecular weight is 1280 g/mol. The number of nitrogens with two attached hydrogens (primary N) is 1. The van der Waals surface area contributed by atoms with Gasteiger partial charge in [-0.15, -0.1) is 12.4 Å². The number of halogens is 4. The van der Waals surface area contributed by atoms with E-state index < -0.39 is 11.6 Å². The fraction of sp³-hybridized carbons (Fsp3) is 0.183. The number of benzene rings is 6. The van der Waals surface area contributed by atoms with Crippen molar-refractivity contribution in [3.63, 3.8) is 0 Å². The number of urea groups is 2. The normalized spacial score (nSPS) is 9.96. The minimum absolute atomic E-state index is 0. The van der Waals surface area contributed by atoms with Gasteiger partial charge < -0.3 is 30.6 Å². The van der Waals surface area contributed by atoms with Crippen molar-refractivity contribution < 1.29 is 41.8 Å². The van der Waals surface area contributed by atoms with Gasteiger partial charge in [-0.25, -0.2) is 37.7 Å². The van der Waals surface area contributed by atoms with Crippen molar-refractivity contribution in [2.45, 2.75) is 47.5 Å². The summed E-state index contributed by atoms with van der Waals surface area (Å²) in [6, 6.07) is 46.5. The molecule has 0 atom stereocenters. The number of carbonyl (C=O) groups excluding carboxylic acids is 3. The number of amides is 4. The standard InChI is InChI=1S/2C23H21FN4O2.C20H16FN3O.C4H7NO.CH4.ClH/c2*1-3-26-23(29)28-20-10-7-16(14-27-20)12-18-8-9-19(30-2)21(22(18)24)17-6-4-5-15(11-17)13-25;1-25-17-7-6-16(10-14-5-8-18(23)24-12-14)20(21)19(17)15-4-2-3-13(9-15)11-22;1-2-5-3-4-6;;/h2*4-11,14H,3,12H2,1-2H3,(H2,26,27,28,29);2-9,12H,10H2,1H3,(H2,23,24);3-4H,2H2,1H3;1H4;1H. The molecule has 0 spiro atoms. The molecule has 478 valence electrons. The zero-order valence-corrected chi connectivity index (χ0v) is 52.0. The number of hydrogen-bond donors (Lipinski definition) is 5. The lowest BCUT2D eigenvalue weighted by molar-refractivity contribution is -0.102. The molecule has 3 aromatic heterocycles. The summed E-state index contributed by atoms with van der Waals surface area (Å²) in [6.07, 6.45) is 7.76. The summed E-state index contributed by atoms with van der Waals surface area (Å²) >= 11 is 0. The lowest BCUT2D eigenvalue weighted by Gasteiger charge is -2.14. The number of hydrogen-bond acceptors (Lipinski definition) is 14. The van der Waals surface area contributed by atoms with Crippen molar-refractivity contribution in [2.24, 2.45) is 4.99 Å². The summed E-state index contributed by atoms with van der Waals surface area (Å²) in [5, 5.41) is 37.9. The number of nitrogen functional groups attached to an aromatic ring is 1. The van der Waals surface area contributed by atoms with Gasteiger partial charge in [-0.3, -0.25) is 20.4 Å². The van der Waals surface area contributed by atoms with Crippen LogP contribution in [0.25, 0.3) is 33.4 Å². The zero-order valence-electron chi connectivity index (χ0n) is 51.2. The minimum atomic E-state index is -0.408. The summed E-state index contributed by atoms with van der Waals surface area (Å²) < 4.78 is 62.1. The molecule has 3 heterocycles. The van der Waals surface area contributed by atoms with Crippen LogP contribution in [0.3, 0.4) is 0 Å². The molecule has 0 radical (unpaired) electrons. The van der Waals surface area contributed by atoms with Gasteiger partial charge in [-0.1, -0.05) is 80.2 Å². The summed E-state index contributed by atoms with van der Waals surface area (Å²) in [5.74, 6) is 1.27. The van der Waals surface area contributed by atoms with Crippen LogP contribution in [0.1, 0.15) is 78.3 Å². The first-order chi connectivity index (χ1) is 44.1. The van der Waals surface area contributed by atoms with E-state index in [0.717, 1.165) is 16.7 Å². The van der Waals surface area contributed by atoms with Crippen LogP contribution in [0, 0.1) is 51.4 Å². The number of nitrogens with zero attached hydrogens (tertiary/aromatic N) is 7. The Bertz CT molecular complexity index is 3940. The molecule has 0 aliphatic rings. The molecule has 93 heavy (non-hydrogen) atoms. The van der Waals surface area contributed by atoms with Crippen molar-refractivity contribution in [3.05, 3.63) is 232 Å². The van der Waals surface area contributed by atoms with Crippen LogP contribution in [-0.4, -0.2) is 80.5 Å². The minimum Gasteiger partial charge on any atom is -0.496 e. The first kappa shape index (κ1) is 73.9. The van der Waals surface area contributed by atoms with Gasteiger partial charge in [-0.05, 0) is 144 Å². The molecule has 18 nitrogen and oxygen atoms in total. The lowest BCUT2D eigenvalue weighted by atomic mass is 9.96. The van der Waals surface area contributed by atoms with Crippen molar-refractivity contribution in [1.29, 1.82) is 15.8 Å². The molecule has 9 rings (SSSR count). The number of rotatable bonds is 18. The number of aliphatic imine (C=N–C) groups is 1. The first-order valence-corrected chi connectivity index (χ1v) is 28.4. The van der Waals surface area contributed by atoms with Crippen LogP contribution in [-0.2, 0) is 24.1 Å². The number of nitriles is 3. The van der Waals surface area contributed by atoms with Crippen LogP contribution in [0.5, 0.6) is 17.2 Å². The molecular formula is C71H70ClF3N12O6. The maximum absolute atomic E-state index is 15.4. The molecule has 0 aliphatic heterocycles. The smallest absolute Gasteiger partial charge is 0.320 e. The molecule has 0 fully saturated rings. The van der Waals surface area contributed by atoms with Crippen molar-refractivity contribution >= 4 is 54.4 Å². The topological polar surface area (TPSA) is 275 Å². The largest absolute Gasteiger partial charge is 0.496 e. The second-order valence-corrected chi connectivity index (χ2v) is 19.4. The lowest BCUT2D eigenvalue weighted by Crippen LogP contribution is -2.28. The first-order valence-electron chi connectivity index (χ1n) is 28.4. The number of nitrogens with one attached hydrogen (secondary N) is 4. The number of aldehydes is 1. The van der Waals surface area contributed by atoms with Gasteiger partial charge in [0, 0.05) is 57.5 Å². The Labute approximate surface area is 545 Å². The van der Waals surface area contributed by atoms with Gasteiger partial charge in [0.1, 0.15) is 52.2 Å². The Hall–Kier alpha value is -11.6. The monoisotopic (exact) mass is 1280 g/mol. The highest BCUT2D eigenvalue weighted by molar-refractivity contribution is 6.12. The Balaban J connectivity index is 0.000000282. The maximum atomic E-state index is 15.4. The number of pyridine rings is 3. The summed E-state index contributed by atoms with van der Waals surface area (Å²) in [5.41, 5.74) is 13.6. The van der Waals surface area contributed by atoms with Crippen molar-refractivity contribution in [1.82, 2.24) is 25.6 Å². The van der Waals surface area contributed by atoms with Gasteiger partial charge in [0.25, 0.3) is 0 Å². The highest BCUT2D eigenvalue weighted by Crippen LogP contribution is 2.38. The van der Waals surface area contributed by atoms with Crippen LogP contribution < -0.4 is 41.2 Å². The number of ether oxygens (including phenoxy) is 3. The quantitative estimate of drug-likeness (QED) is 0.0395. The second kappa shape index (κ2) is 38.1. The zero-order chi connectivity index (χ0) is 65.7. The summed E-state index contributed by atoms with van der Waals surface area (Å²) in [6.45, 7) is 7.24. The number of carbonyl (C=O) groups is 3. The molecule has 9 aromatic rings. The van der Waals surface area contributed by atoms with E-state index >= 15 is 13.2 Å². The molecule has 0 unspecified atom stereocenters. The SMILES string of the molecule is C.CCN=CC=O.CCNC(=O)Nc1ccc(Cc2ccc(OC)c(-c3cccc(C#N)c3)c2F)cn1.CCNC(=O)Nc1ccc(Cc2ccc(OC)c(-c3cccc(C#N)c3)c2F)cn1.COc1ccc(Cc2ccc(N)nc2)c(F)c1-c1cccc(C#N)c1.Cl. The highest BCUT2D eigenvalue weighted by atomic mass is 35.5. The van der Waals surface area contributed by atoms with Crippen LogP contribution >= 0.6 is 12.4 Å². The van der Waals surface area contributed by atoms with E-state index in [1.165, 1.54) is 27.5 Å². The Morgan fingerprint density at radius 3 is 1.13 bits per heavy atom. The predicted octanol–water partition coefficient (Wildman–Crippen LogP) is 14.3. The number of methoxy groups -OCH3 is 3. The molecule has 6 N–H and O–H groups in total. The van der Waals surface area contributed by atoms with Crippen LogP contribution in [0.4, 0.5) is 40.2 Å². The Kier molecular flexibility index (Phi) is 30.2. The van der Waals surface area contributed by atoms with E-state index in [1.807, 2.05) is 26.8 Å².